The normalized spacial score (nSPS) is 12.0. The minimum atomic E-state index is -4.33. The Bertz CT molecular complexity index is 426. The standard InChI is InChI=1S/C11H14BF4NO2/c1-2-17(7-11(14,15)16)6-8-3-9(12(18)19)5-10(13)4-8/h3-5,18-19H,2,6-7H2,1H3. The summed E-state index contributed by atoms with van der Waals surface area (Å²) in [6, 6.07) is 3.27. The molecule has 1 aromatic carbocycles. The van der Waals surface area contributed by atoms with Gasteiger partial charge in [-0.25, -0.2) is 4.39 Å². The van der Waals surface area contributed by atoms with Gasteiger partial charge in [0, 0.05) is 6.54 Å². The molecule has 0 aliphatic heterocycles. The van der Waals surface area contributed by atoms with E-state index in [2.05, 4.69) is 0 Å². The summed E-state index contributed by atoms with van der Waals surface area (Å²) >= 11 is 0. The molecule has 0 amide bonds. The summed E-state index contributed by atoms with van der Waals surface area (Å²) in [6.07, 6.45) is -4.33. The van der Waals surface area contributed by atoms with Gasteiger partial charge in [0.15, 0.2) is 0 Å². The van der Waals surface area contributed by atoms with Crippen LogP contribution in [0.5, 0.6) is 0 Å². The lowest BCUT2D eigenvalue weighted by Crippen LogP contribution is -2.35. The van der Waals surface area contributed by atoms with Crippen molar-refractivity contribution in [1.82, 2.24) is 4.90 Å². The second-order valence-corrected chi connectivity index (χ2v) is 4.18. The molecule has 2 N–H and O–H groups in total. The van der Waals surface area contributed by atoms with Crippen LogP contribution >= 0.6 is 0 Å². The fourth-order valence-electron chi connectivity index (χ4n) is 1.71. The summed E-state index contributed by atoms with van der Waals surface area (Å²) in [4.78, 5) is 1.09. The molecule has 0 spiro atoms. The molecule has 106 valence electrons. The molecule has 0 aliphatic rings. The number of nitrogens with zero attached hydrogens (tertiary/aromatic N) is 1. The largest absolute Gasteiger partial charge is 0.488 e. The Kier molecular flexibility index (Phi) is 5.33. The summed E-state index contributed by atoms with van der Waals surface area (Å²) < 4.78 is 50.1. The van der Waals surface area contributed by atoms with Gasteiger partial charge in [-0.05, 0) is 29.7 Å². The minimum absolute atomic E-state index is 0.0851. The van der Waals surface area contributed by atoms with Crippen LogP contribution in [0.3, 0.4) is 0 Å². The molecule has 0 unspecified atom stereocenters. The minimum Gasteiger partial charge on any atom is -0.423 e. The summed E-state index contributed by atoms with van der Waals surface area (Å²) in [7, 11) is -1.85. The first-order valence-corrected chi connectivity index (χ1v) is 5.66. The average molecular weight is 279 g/mol. The van der Waals surface area contributed by atoms with Gasteiger partial charge in [-0.2, -0.15) is 13.2 Å². The van der Waals surface area contributed by atoms with Crippen LogP contribution in [0.15, 0.2) is 18.2 Å². The van der Waals surface area contributed by atoms with Gasteiger partial charge in [0.1, 0.15) is 5.82 Å². The van der Waals surface area contributed by atoms with Gasteiger partial charge in [-0.3, -0.25) is 4.90 Å². The zero-order valence-electron chi connectivity index (χ0n) is 10.3. The molecule has 0 heterocycles. The monoisotopic (exact) mass is 279 g/mol. The maximum atomic E-state index is 13.2. The third-order valence-electron chi connectivity index (χ3n) is 2.53. The first-order chi connectivity index (χ1) is 8.71. The second kappa shape index (κ2) is 6.36. The fraction of sp³-hybridized carbons (Fsp3) is 0.455. The molecule has 0 atom stereocenters. The summed E-state index contributed by atoms with van der Waals surface area (Å²) in [6.45, 7) is 0.490. The molecule has 0 saturated carbocycles. The Morgan fingerprint density at radius 3 is 2.32 bits per heavy atom. The highest BCUT2D eigenvalue weighted by Crippen LogP contribution is 2.18. The fourth-order valence-corrected chi connectivity index (χ4v) is 1.71. The highest BCUT2D eigenvalue weighted by atomic mass is 19.4. The molecule has 1 rings (SSSR count). The van der Waals surface area contributed by atoms with E-state index in [0.717, 1.165) is 17.0 Å². The molecule has 0 saturated heterocycles. The van der Waals surface area contributed by atoms with Crippen molar-refractivity contribution in [2.75, 3.05) is 13.1 Å². The van der Waals surface area contributed by atoms with E-state index in [4.69, 9.17) is 10.0 Å². The molecule has 8 heteroatoms. The highest BCUT2D eigenvalue weighted by Gasteiger charge is 2.30. The van der Waals surface area contributed by atoms with Crippen LogP contribution in [0.25, 0.3) is 0 Å². The first kappa shape index (κ1) is 15.9. The topological polar surface area (TPSA) is 43.7 Å². The second-order valence-electron chi connectivity index (χ2n) is 4.18. The maximum absolute atomic E-state index is 13.2. The van der Waals surface area contributed by atoms with E-state index in [9.17, 15) is 17.6 Å². The van der Waals surface area contributed by atoms with Gasteiger partial charge in [-0.1, -0.05) is 13.0 Å². The molecule has 0 radical (unpaired) electrons. The molecule has 0 fully saturated rings. The summed E-state index contributed by atoms with van der Waals surface area (Å²) in [5.41, 5.74) is 0.173. The van der Waals surface area contributed by atoms with Gasteiger partial charge in [0.25, 0.3) is 0 Å². The summed E-state index contributed by atoms with van der Waals surface area (Å²) in [5, 5.41) is 17.9. The van der Waals surface area contributed by atoms with E-state index in [-0.39, 0.29) is 24.1 Å². The van der Waals surface area contributed by atoms with E-state index >= 15 is 0 Å². The predicted molar refractivity (Wildman–Crippen MR) is 63.2 cm³/mol. The number of rotatable bonds is 5. The molecule has 0 aromatic heterocycles. The maximum Gasteiger partial charge on any atom is 0.488 e. The van der Waals surface area contributed by atoms with Crippen LogP contribution in [0.1, 0.15) is 12.5 Å². The average Bonchev–Trinajstić information content (AvgIpc) is 2.25. The van der Waals surface area contributed by atoms with Crippen molar-refractivity contribution in [3.63, 3.8) is 0 Å². The van der Waals surface area contributed by atoms with Gasteiger partial charge < -0.3 is 10.0 Å². The summed E-state index contributed by atoms with van der Waals surface area (Å²) in [5.74, 6) is -0.719. The number of halogens is 4. The number of hydrogen-bond acceptors (Lipinski definition) is 3. The molecule has 0 aliphatic carbocycles. The van der Waals surface area contributed by atoms with Gasteiger partial charge >= 0.3 is 13.3 Å². The Labute approximate surface area is 108 Å². The Morgan fingerprint density at radius 1 is 1.21 bits per heavy atom. The van der Waals surface area contributed by atoms with Crippen molar-refractivity contribution < 1.29 is 27.6 Å². The van der Waals surface area contributed by atoms with Crippen LogP contribution in [0.4, 0.5) is 17.6 Å². The SMILES string of the molecule is CCN(Cc1cc(F)cc(B(O)O)c1)CC(F)(F)F. The Balaban J connectivity index is 2.85. The van der Waals surface area contributed by atoms with Gasteiger partial charge in [0.05, 0.1) is 6.54 Å². The third-order valence-corrected chi connectivity index (χ3v) is 2.53. The van der Waals surface area contributed by atoms with Crippen molar-refractivity contribution in [1.29, 1.82) is 0 Å². The third kappa shape index (κ3) is 5.58. The van der Waals surface area contributed by atoms with E-state index < -0.39 is 25.7 Å². The van der Waals surface area contributed by atoms with Crippen molar-refractivity contribution in [2.24, 2.45) is 0 Å². The smallest absolute Gasteiger partial charge is 0.423 e. The highest BCUT2D eigenvalue weighted by molar-refractivity contribution is 6.58. The zero-order chi connectivity index (χ0) is 14.6. The van der Waals surface area contributed by atoms with Crippen LogP contribution in [-0.2, 0) is 6.54 Å². The number of alkyl halides is 3. The Morgan fingerprint density at radius 2 is 1.84 bits per heavy atom. The lowest BCUT2D eigenvalue weighted by molar-refractivity contribution is -0.146. The Hall–Kier alpha value is -1.12. The van der Waals surface area contributed by atoms with Crippen molar-refractivity contribution in [3.8, 4) is 0 Å². The van der Waals surface area contributed by atoms with Crippen LogP contribution in [0.2, 0.25) is 0 Å². The van der Waals surface area contributed by atoms with Crippen molar-refractivity contribution in [3.05, 3.63) is 29.6 Å². The quantitative estimate of drug-likeness (QED) is 0.621. The zero-order valence-corrected chi connectivity index (χ0v) is 10.3. The lowest BCUT2D eigenvalue weighted by atomic mass is 9.79. The van der Waals surface area contributed by atoms with Crippen LogP contribution in [-0.4, -0.2) is 41.3 Å². The van der Waals surface area contributed by atoms with Crippen LogP contribution < -0.4 is 5.46 Å². The first-order valence-electron chi connectivity index (χ1n) is 5.66. The molecule has 1 aromatic rings. The van der Waals surface area contributed by atoms with E-state index in [1.54, 1.807) is 6.92 Å². The number of hydrogen-bond donors (Lipinski definition) is 2. The van der Waals surface area contributed by atoms with E-state index in [0.29, 0.717) is 0 Å². The molecule has 0 bridgehead atoms. The molecule has 19 heavy (non-hydrogen) atoms. The predicted octanol–water partition coefficient (Wildman–Crippen LogP) is 0.890. The van der Waals surface area contributed by atoms with Gasteiger partial charge in [-0.15, -0.1) is 0 Å². The molecular formula is C11H14BF4NO2. The molecule has 3 nitrogen and oxygen atoms in total. The van der Waals surface area contributed by atoms with Gasteiger partial charge in [0.2, 0.25) is 0 Å². The molecular weight excluding hydrogens is 265 g/mol. The number of benzene rings is 1. The lowest BCUT2D eigenvalue weighted by Gasteiger charge is -2.22. The van der Waals surface area contributed by atoms with Crippen molar-refractivity contribution >= 4 is 12.6 Å². The van der Waals surface area contributed by atoms with E-state index in [1.807, 2.05) is 0 Å². The van der Waals surface area contributed by atoms with Crippen LogP contribution in [0, 0.1) is 5.82 Å². The van der Waals surface area contributed by atoms with Crippen molar-refractivity contribution in [2.45, 2.75) is 19.6 Å². The van der Waals surface area contributed by atoms with E-state index in [1.165, 1.54) is 6.07 Å².